The summed E-state index contributed by atoms with van der Waals surface area (Å²) in [4.78, 5) is 4.15. The van der Waals surface area contributed by atoms with Crippen molar-refractivity contribution in [2.75, 3.05) is 5.32 Å². The Balaban J connectivity index is 1.68. The third-order valence-electron chi connectivity index (χ3n) is 3.25. The van der Waals surface area contributed by atoms with Crippen LogP contribution in [0.1, 0.15) is 11.1 Å². The van der Waals surface area contributed by atoms with E-state index in [9.17, 15) is 0 Å². The first-order valence-electron chi connectivity index (χ1n) is 6.73. The van der Waals surface area contributed by atoms with Crippen molar-refractivity contribution in [2.24, 2.45) is 0 Å². The van der Waals surface area contributed by atoms with E-state index in [1.807, 2.05) is 48.5 Å². The maximum atomic E-state index is 9.03. The number of aliphatic hydroxyl groups excluding tert-OH is 1. The average molecular weight is 280 g/mol. The lowest BCUT2D eigenvalue weighted by atomic mass is 10.1. The monoisotopic (exact) mass is 280 g/mol. The third-order valence-corrected chi connectivity index (χ3v) is 3.25. The van der Waals surface area contributed by atoms with Crippen molar-refractivity contribution in [1.29, 1.82) is 0 Å². The van der Waals surface area contributed by atoms with Gasteiger partial charge in [-0.25, -0.2) is 4.98 Å². The number of aliphatic hydroxyl groups is 1. The molecule has 1 heterocycles. The van der Waals surface area contributed by atoms with Gasteiger partial charge in [0.2, 0.25) is 0 Å². The molecule has 5 nitrogen and oxygen atoms in total. The van der Waals surface area contributed by atoms with Crippen molar-refractivity contribution in [1.82, 2.24) is 15.2 Å². The quantitative estimate of drug-likeness (QED) is 0.671. The second kappa shape index (κ2) is 6.19. The smallest absolute Gasteiger partial charge is 0.155 e. The highest BCUT2D eigenvalue weighted by atomic mass is 16.3. The number of nitrogens with one attached hydrogen (secondary N) is 2. The molecule has 2 aromatic carbocycles. The molecular formula is C16H16N4O. The van der Waals surface area contributed by atoms with E-state index in [1.54, 1.807) is 0 Å². The van der Waals surface area contributed by atoms with Gasteiger partial charge in [0.05, 0.1) is 6.61 Å². The fraction of sp³-hybridized carbons (Fsp3) is 0.125. The van der Waals surface area contributed by atoms with Crippen molar-refractivity contribution in [3.8, 4) is 11.4 Å². The molecular weight excluding hydrogens is 264 g/mol. The lowest BCUT2D eigenvalue weighted by molar-refractivity contribution is 0.282. The number of aromatic amines is 1. The molecule has 0 spiro atoms. The molecule has 0 aliphatic rings. The third kappa shape index (κ3) is 3.27. The van der Waals surface area contributed by atoms with Crippen LogP contribution in [0.25, 0.3) is 11.4 Å². The van der Waals surface area contributed by atoms with Gasteiger partial charge in [0, 0.05) is 17.8 Å². The van der Waals surface area contributed by atoms with Gasteiger partial charge in [-0.2, -0.15) is 5.10 Å². The second-order valence-electron chi connectivity index (χ2n) is 4.74. The molecule has 1 aromatic heterocycles. The van der Waals surface area contributed by atoms with E-state index < -0.39 is 0 Å². The van der Waals surface area contributed by atoms with Crippen LogP contribution in [-0.4, -0.2) is 20.3 Å². The Morgan fingerprint density at radius 2 is 1.86 bits per heavy atom. The fourth-order valence-electron chi connectivity index (χ4n) is 2.09. The van der Waals surface area contributed by atoms with Gasteiger partial charge in [-0.15, -0.1) is 0 Å². The summed E-state index contributed by atoms with van der Waals surface area (Å²) in [6.45, 7) is 0.804. The number of benzene rings is 2. The van der Waals surface area contributed by atoms with Crippen LogP contribution in [0, 0.1) is 0 Å². The van der Waals surface area contributed by atoms with Crippen LogP contribution in [0.5, 0.6) is 0 Å². The summed E-state index contributed by atoms with van der Waals surface area (Å²) >= 11 is 0. The summed E-state index contributed by atoms with van der Waals surface area (Å²) < 4.78 is 0. The number of hydrogen-bond acceptors (Lipinski definition) is 4. The summed E-state index contributed by atoms with van der Waals surface area (Å²) in [5.74, 6) is 0.756. The molecule has 0 amide bonds. The highest BCUT2D eigenvalue weighted by Gasteiger charge is 2.01. The maximum Gasteiger partial charge on any atom is 0.155 e. The van der Waals surface area contributed by atoms with Crippen molar-refractivity contribution in [3.05, 3.63) is 66.0 Å². The molecule has 0 aliphatic carbocycles. The molecule has 5 heteroatoms. The lowest BCUT2D eigenvalue weighted by Gasteiger charge is -2.08. The largest absolute Gasteiger partial charge is 0.392 e. The minimum absolute atomic E-state index is 0.0763. The molecule has 0 fully saturated rings. The van der Waals surface area contributed by atoms with Crippen molar-refractivity contribution >= 4 is 5.69 Å². The van der Waals surface area contributed by atoms with Crippen molar-refractivity contribution in [3.63, 3.8) is 0 Å². The van der Waals surface area contributed by atoms with Crippen LogP contribution in [0.2, 0.25) is 0 Å². The lowest BCUT2D eigenvalue weighted by Crippen LogP contribution is -1.99. The Kier molecular flexibility index (Phi) is 3.93. The summed E-state index contributed by atoms with van der Waals surface area (Å²) in [7, 11) is 0. The number of nitrogens with zero attached hydrogens (tertiary/aromatic N) is 2. The first-order valence-corrected chi connectivity index (χ1v) is 6.73. The van der Waals surface area contributed by atoms with Crippen molar-refractivity contribution in [2.45, 2.75) is 13.2 Å². The van der Waals surface area contributed by atoms with Gasteiger partial charge in [-0.3, -0.25) is 5.10 Å². The van der Waals surface area contributed by atoms with E-state index in [2.05, 4.69) is 20.5 Å². The fourth-order valence-corrected chi connectivity index (χ4v) is 2.09. The standard InChI is InChI=1S/C16H16N4O/c21-10-13-6-4-12(5-7-13)9-17-15-3-1-2-14(8-15)16-18-11-19-20-16/h1-8,11,17,21H,9-10H2,(H,18,19,20). The zero-order valence-corrected chi connectivity index (χ0v) is 11.5. The average Bonchev–Trinajstić information content (AvgIpc) is 3.08. The molecule has 0 saturated carbocycles. The molecule has 0 atom stereocenters. The number of rotatable bonds is 5. The Labute approximate surface area is 122 Å². The first-order chi connectivity index (χ1) is 10.3. The van der Waals surface area contributed by atoms with E-state index >= 15 is 0 Å². The van der Waals surface area contributed by atoms with Gasteiger partial charge >= 0.3 is 0 Å². The number of anilines is 1. The SMILES string of the molecule is OCc1ccc(CNc2cccc(-c3ncn[nH]3)c2)cc1. The van der Waals surface area contributed by atoms with E-state index in [4.69, 9.17) is 5.11 Å². The predicted octanol–water partition coefficient (Wildman–Crippen LogP) is 2.58. The summed E-state index contributed by atoms with van der Waals surface area (Å²) in [5, 5.41) is 19.1. The molecule has 0 unspecified atom stereocenters. The number of H-pyrrole nitrogens is 1. The highest BCUT2D eigenvalue weighted by molar-refractivity contribution is 5.62. The van der Waals surface area contributed by atoms with Gasteiger partial charge in [0.25, 0.3) is 0 Å². The molecule has 0 aliphatic heterocycles. The molecule has 106 valence electrons. The van der Waals surface area contributed by atoms with Crippen LogP contribution in [0.3, 0.4) is 0 Å². The molecule has 3 rings (SSSR count). The second-order valence-corrected chi connectivity index (χ2v) is 4.74. The van der Waals surface area contributed by atoms with E-state index in [0.717, 1.165) is 34.7 Å². The minimum atomic E-state index is 0.0763. The zero-order valence-electron chi connectivity index (χ0n) is 11.5. The predicted molar refractivity (Wildman–Crippen MR) is 81.5 cm³/mol. The summed E-state index contributed by atoms with van der Waals surface area (Å²) in [5.41, 5.74) is 4.10. The molecule has 3 N–H and O–H groups in total. The molecule has 0 bridgehead atoms. The number of aromatic nitrogens is 3. The Morgan fingerprint density at radius 3 is 2.57 bits per heavy atom. The van der Waals surface area contributed by atoms with Gasteiger partial charge in [0.15, 0.2) is 5.82 Å². The molecule has 21 heavy (non-hydrogen) atoms. The Bertz CT molecular complexity index is 693. The maximum absolute atomic E-state index is 9.03. The topological polar surface area (TPSA) is 73.8 Å². The summed E-state index contributed by atoms with van der Waals surface area (Å²) in [6, 6.07) is 15.9. The Morgan fingerprint density at radius 1 is 1.05 bits per heavy atom. The van der Waals surface area contributed by atoms with Gasteiger partial charge in [-0.1, -0.05) is 36.4 Å². The highest BCUT2D eigenvalue weighted by Crippen LogP contribution is 2.19. The summed E-state index contributed by atoms with van der Waals surface area (Å²) in [6.07, 6.45) is 1.50. The van der Waals surface area contributed by atoms with Crippen molar-refractivity contribution < 1.29 is 5.11 Å². The van der Waals surface area contributed by atoms with Gasteiger partial charge in [0.1, 0.15) is 6.33 Å². The Hall–Kier alpha value is -2.66. The molecule has 3 aromatic rings. The van der Waals surface area contributed by atoms with Gasteiger partial charge < -0.3 is 10.4 Å². The van der Waals surface area contributed by atoms with Crippen LogP contribution < -0.4 is 5.32 Å². The van der Waals surface area contributed by atoms with E-state index in [-0.39, 0.29) is 6.61 Å². The van der Waals surface area contributed by atoms with E-state index in [0.29, 0.717) is 0 Å². The van der Waals surface area contributed by atoms with Crippen LogP contribution in [0.15, 0.2) is 54.9 Å². The molecule has 0 radical (unpaired) electrons. The van der Waals surface area contributed by atoms with E-state index in [1.165, 1.54) is 6.33 Å². The molecule has 0 saturated heterocycles. The van der Waals surface area contributed by atoms with Crippen LogP contribution in [0.4, 0.5) is 5.69 Å². The zero-order chi connectivity index (χ0) is 14.5. The normalized spacial score (nSPS) is 10.5. The van der Waals surface area contributed by atoms with Gasteiger partial charge in [-0.05, 0) is 23.3 Å². The first kappa shape index (κ1) is 13.3. The number of hydrogen-bond donors (Lipinski definition) is 3. The van der Waals surface area contributed by atoms with Crippen LogP contribution >= 0.6 is 0 Å². The minimum Gasteiger partial charge on any atom is -0.392 e. The van der Waals surface area contributed by atoms with Crippen LogP contribution in [-0.2, 0) is 13.2 Å².